The number of nitrogens with zero attached hydrogens (tertiary/aromatic N) is 3. The first-order chi connectivity index (χ1) is 12.0. The molecule has 0 saturated carbocycles. The Balaban J connectivity index is 1.57. The molecule has 3 heterocycles. The molecule has 0 aromatic carbocycles. The number of imide groups is 1. The molecule has 0 bridgehead atoms. The molecule has 9 nitrogen and oxygen atoms in total. The van der Waals surface area contributed by atoms with Gasteiger partial charge in [-0.3, -0.25) is 23.9 Å². The van der Waals surface area contributed by atoms with Gasteiger partial charge in [0, 0.05) is 19.6 Å². The topological polar surface area (TPSA) is 111 Å². The number of carbonyl (C=O) groups excluding carboxylic acids is 3. The fraction of sp³-hybridized carbons (Fsp3) is 0.400. The third kappa shape index (κ3) is 3.53. The lowest BCUT2D eigenvalue weighted by Crippen LogP contribution is -2.41. The Morgan fingerprint density at radius 2 is 2.24 bits per heavy atom. The van der Waals surface area contributed by atoms with Gasteiger partial charge in [-0.05, 0) is 18.4 Å². The number of nitrogens with one attached hydrogen (secondary N) is 1. The largest absolute Gasteiger partial charge is 0.452 e. The highest BCUT2D eigenvalue weighted by molar-refractivity contribution is 7.16. The number of esters is 1. The first-order valence-corrected chi connectivity index (χ1v) is 8.56. The maximum Gasteiger partial charge on any atom is 0.324 e. The zero-order valence-corrected chi connectivity index (χ0v) is 14.2. The summed E-state index contributed by atoms with van der Waals surface area (Å²) in [5.74, 6) is -1.19. The van der Waals surface area contributed by atoms with Gasteiger partial charge in [-0.1, -0.05) is 0 Å². The molecule has 2 aromatic rings. The lowest BCUT2D eigenvalue weighted by molar-refractivity contribution is -0.157. The molecule has 0 spiro atoms. The van der Waals surface area contributed by atoms with Crippen molar-refractivity contribution >= 4 is 39.5 Å². The van der Waals surface area contributed by atoms with E-state index in [1.54, 1.807) is 11.4 Å². The quantitative estimate of drug-likeness (QED) is 0.766. The van der Waals surface area contributed by atoms with Crippen LogP contribution in [0.1, 0.15) is 13.3 Å². The smallest absolute Gasteiger partial charge is 0.324 e. The summed E-state index contributed by atoms with van der Waals surface area (Å²) in [6, 6.07) is 1.20. The summed E-state index contributed by atoms with van der Waals surface area (Å²) in [5.41, 5.74) is -0.225. The number of ether oxygens (including phenoxy) is 1. The van der Waals surface area contributed by atoms with Gasteiger partial charge in [0.25, 0.3) is 11.5 Å². The number of aromatic nitrogens is 2. The average Bonchev–Trinajstić information content (AvgIpc) is 3.22. The van der Waals surface area contributed by atoms with E-state index in [2.05, 4.69) is 10.3 Å². The Bertz CT molecular complexity index is 889. The van der Waals surface area contributed by atoms with Crippen LogP contribution in [0.25, 0.3) is 10.2 Å². The van der Waals surface area contributed by atoms with Gasteiger partial charge < -0.3 is 10.1 Å². The van der Waals surface area contributed by atoms with Gasteiger partial charge in [-0.2, -0.15) is 0 Å². The number of rotatable bonds is 5. The normalized spacial score (nSPS) is 15.2. The number of carbonyl (C=O) groups is 3. The van der Waals surface area contributed by atoms with Crippen LogP contribution < -0.4 is 10.9 Å². The third-order valence-electron chi connectivity index (χ3n) is 3.79. The molecular weight excluding hydrogens is 348 g/mol. The van der Waals surface area contributed by atoms with Crippen LogP contribution in [-0.4, -0.2) is 51.6 Å². The first kappa shape index (κ1) is 17.1. The lowest BCUT2D eigenvalue weighted by Gasteiger charge is -2.18. The maximum atomic E-state index is 12.2. The van der Waals surface area contributed by atoms with Crippen molar-refractivity contribution in [2.45, 2.75) is 26.0 Å². The molecule has 2 aromatic heterocycles. The molecule has 1 unspecified atom stereocenters. The molecule has 1 aliphatic heterocycles. The van der Waals surface area contributed by atoms with E-state index in [9.17, 15) is 19.2 Å². The minimum Gasteiger partial charge on any atom is -0.452 e. The van der Waals surface area contributed by atoms with E-state index in [1.165, 1.54) is 29.2 Å². The fourth-order valence-corrected chi connectivity index (χ4v) is 3.20. The van der Waals surface area contributed by atoms with Gasteiger partial charge in [0.05, 0.1) is 18.1 Å². The summed E-state index contributed by atoms with van der Waals surface area (Å²) >= 11 is 1.37. The predicted octanol–water partition coefficient (Wildman–Crippen LogP) is 0.332. The fourth-order valence-electron chi connectivity index (χ4n) is 2.47. The van der Waals surface area contributed by atoms with E-state index in [4.69, 9.17) is 4.74 Å². The number of hydrogen-bond acceptors (Lipinski definition) is 7. The molecule has 1 atom stereocenters. The van der Waals surface area contributed by atoms with Crippen LogP contribution in [0.15, 0.2) is 22.6 Å². The molecule has 3 amide bonds. The van der Waals surface area contributed by atoms with Crippen LogP contribution in [0.3, 0.4) is 0 Å². The second-order valence-corrected chi connectivity index (χ2v) is 6.38. The first-order valence-electron chi connectivity index (χ1n) is 7.68. The molecule has 0 radical (unpaired) electrons. The van der Waals surface area contributed by atoms with Crippen LogP contribution in [-0.2, 0) is 20.9 Å². The van der Waals surface area contributed by atoms with Crippen molar-refractivity contribution in [1.29, 1.82) is 0 Å². The van der Waals surface area contributed by atoms with Gasteiger partial charge >= 0.3 is 12.0 Å². The molecule has 132 valence electrons. The van der Waals surface area contributed by atoms with Crippen molar-refractivity contribution in [2.24, 2.45) is 0 Å². The molecule has 1 saturated heterocycles. The average molecular weight is 364 g/mol. The summed E-state index contributed by atoms with van der Waals surface area (Å²) in [6.45, 7) is 2.14. The van der Waals surface area contributed by atoms with Gasteiger partial charge in [0.1, 0.15) is 4.83 Å². The van der Waals surface area contributed by atoms with Crippen molar-refractivity contribution in [3.8, 4) is 0 Å². The lowest BCUT2D eigenvalue weighted by atomic mass is 10.3. The van der Waals surface area contributed by atoms with Crippen molar-refractivity contribution in [3.63, 3.8) is 0 Å². The number of hydrogen-bond donors (Lipinski definition) is 1. The van der Waals surface area contributed by atoms with Crippen LogP contribution in [0.5, 0.6) is 0 Å². The predicted molar refractivity (Wildman–Crippen MR) is 89.2 cm³/mol. The standard InChI is InChI=1S/C15H16N4O5S/c1-9(13(21)19-6-4-16-15(19)23)24-11(20)2-5-18-8-17-12-10(14(18)22)3-7-25-12/h3,7-9H,2,4-6H2,1H3,(H,16,23). The van der Waals surface area contributed by atoms with E-state index >= 15 is 0 Å². The molecule has 10 heteroatoms. The van der Waals surface area contributed by atoms with Crippen molar-refractivity contribution in [3.05, 3.63) is 28.1 Å². The molecule has 3 rings (SSSR count). The van der Waals surface area contributed by atoms with Crippen LogP contribution in [0.2, 0.25) is 0 Å². The highest BCUT2D eigenvalue weighted by Crippen LogP contribution is 2.13. The number of fused-ring (bicyclic) bond motifs is 1. The Morgan fingerprint density at radius 1 is 1.44 bits per heavy atom. The van der Waals surface area contributed by atoms with Crippen LogP contribution in [0.4, 0.5) is 4.79 Å². The molecule has 0 aliphatic carbocycles. The second kappa shape index (κ2) is 7.01. The van der Waals surface area contributed by atoms with Gasteiger partial charge in [-0.25, -0.2) is 9.78 Å². The summed E-state index contributed by atoms with van der Waals surface area (Å²) in [6.07, 6.45) is 0.240. The summed E-state index contributed by atoms with van der Waals surface area (Å²) in [5, 5.41) is 4.79. The van der Waals surface area contributed by atoms with E-state index in [-0.39, 0.29) is 25.1 Å². The summed E-state index contributed by atoms with van der Waals surface area (Å²) in [4.78, 5) is 53.5. The monoisotopic (exact) mass is 364 g/mol. The summed E-state index contributed by atoms with van der Waals surface area (Å²) < 4.78 is 6.39. The number of aryl methyl sites for hydroxylation is 1. The van der Waals surface area contributed by atoms with E-state index in [0.29, 0.717) is 16.8 Å². The Hall–Kier alpha value is -2.75. The molecule has 25 heavy (non-hydrogen) atoms. The number of urea groups is 1. The SMILES string of the molecule is CC(OC(=O)CCn1cnc2sccc2c1=O)C(=O)N1CCNC1=O. The number of thiophene rings is 1. The van der Waals surface area contributed by atoms with E-state index in [1.807, 2.05) is 0 Å². The number of amides is 3. The van der Waals surface area contributed by atoms with Gasteiger partial charge in [0.15, 0.2) is 6.10 Å². The van der Waals surface area contributed by atoms with Crippen molar-refractivity contribution < 1.29 is 19.1 Å². The molecule has 1 fully saturated rings. The summed E-state index contributed by atoms with van der Waals surface area (Å²) in [7, 11) is 0. The molecule has 1 N–H and O–H groups in total. The highest BCUT2D eigenvalue weighted by Gasteiger charge is 2.31. The van der Waals surface area contributed by atoms with Crippen LogP contribution >= 0.6 is 11.3 Å². The van der Waals surface area contributed by atoms with Crippen LogP contribution in [0, 0.1) is 0 Å². The zero-order valence-electron chi connectivity index (χ0n) is 13.4. The van der Waals surface area contributed by atoms with E-state index in [0.717, 1.165) is 4.90 Å². The third-order valence-corrected chi connectivity index (χ3v) is 4.61. The Kier molecular flexibility index (Phi) is 4.79. The second-order valence-electron chi connectivity index (χ2n) is 5.49. The minimum absolute atomic E-state index is 0.0823. The maximum absolute atomic E-state index is 12.2. The van der Waals surface area contributed by atoms with Crippen molar-refractivity contribution in [1.82, 2.24) is 19.8 Å². The molecular formula is C15H16N4O5S. The minimum atomic E-state index is -1.06. The highest BCUT2D eigenvalue weighted by atomic mass is 32.1. The zero-order chi connectivity index (χ0) is 18.0. The molecule has 1 aliphatic rings. The van der Waals surface area contributed by atoms with Gasteiger partial charge in [-0.15, -0.1) is 11.3 Å². The Morgan fingerprint density at radius 3 is 2.96 bits per heavy atom. The van der Waals surface area contributed by atoms with E-state index < -0.39 is 24.0 Å². The van der Waals surface area contributed by atoms with Gasteiger partial charge in [0.2, 0.25) is 0 Å². The Labute approximate surface area is 146 Å². The van der Waals surface area contributed by atoms with Crippen molar-refractivity contribution in [2.75, 3.05) is 13.1 Å².